The average molecular weight is 284 g/mol. The van der Waals surface area contributed by atoms with Gasteiger partial charge in [-0.3, -0.25) is 9.48 Å². The number of amides is 1. The van der Waals surface area contributed by atoms with Gasteiger partial charge in [-0.15, -0.1) is 0 Å². The molecule has 1 aromatic carbocycles. The van der Waals surface area contributed by atoms with Gasteiger partial charge in [-0.25, -0.2) is 0 Å². The van der Waals surface area contributed by atoms with Gasteiger partial charge in [0.25, 0.3) is 0 Å². The molecule has 1 fully saturated rings. The van der Waals surface area contributed by atoms with Gasteiger partial charge in [-0.1, -0.05) is 30.3 Å². The highest BCUT2D eigenvalue weighted by Crippen LogP contribution is 2.31. The largest absolute Gasteiger partial charge is 0.352 e. The smallest absolute Gasteiger partial charge is 0.249 e. The number of carbonyl (C=O) groups excluding carboxylic acids is 1. The molecule has 2 unspecified atom stereocenters. The van der Waals surface area contributed by atoms with E-state index in [1.165, 1.54) is 12.8 Å². The third-order valence-electron chi connectivity index (χ3n) is 3.89. The topological polar surface area (TPSA) is 72.9 Å². The van der Waals surface area contributed by atoms with Crippen molar-refractivity contribution in [3.05, 3.63) is 54.4 Å². The predicted octanol–water partition coefficient (Wildman–Crippen LogP) is 1.33. The lowest BCUT2D eigenvalue weighted by Gasteiger charge is -2.19. The summed E-state index contributed by atoms with van der Waals surface area (Å²) in [5.41, 5.74) is 6.96. The van der Waals surface area contributed by atoms with E-state index in [1.54, 1.807) is 17.1 Å². The summed E-state index contributed by atoms with van der Waals surface area (Å²) in [6.45, 7) is 0.522. The first kappa shape index (κ1) is 13.8. The summed E-state index contributed by atoms with van der Waals surface area (Å²) in [5.74, 6) is 0.506. The van der Waals surface area contributed by atoms with E-state index in [0.717, 1.165) is 5.56 Å². The maximum absolute atomic E-state index is 12.6. The van der Waals surface area contributed by atoms with Crippen molar-refractivity contribution in [2.75, 3.05) is 6.54 Å². The van der Waals surface area contributed by atoms with E-state index >= 15 is 0 Å². The van der Waals surface area contributed by atoms with Crippen LogP contribution in [0.3, 0.4) is 0 Å². The first-order valence-corrected chi connectivity index (χ1v) is 7.33. The zero-order chi connectivity index (χ0) is 14.7. The minimum atomic E-state index is -0.451. The summed E-state index contributed by atoms with van der Waals surface area (Å²) in [4.78, 5) is 12.6. The summed E-state index contributed by atoms with van der Waals surface area (Å²) in [6.07, 6.45) is 5.84. The third kappa shape index (κ3) is 3.31. The first-order chi connectivity index (χ1) is 10.3. The van der Waals surface area contributed by atoms with E-state index in [1.807, 2.05) is 36.4 Å². The number of rotatable bonds is 6. The quantitative estimate of drug-likeness (QED) is 0.840. The van der Waals surface area contributed by atoms with Crippen LogP contribution in [-0.2, 0) is 4.79 Å². The molecule has 21 heavy (non-hydrogen) atoms. The molecule has 0 aliphatic heterocycles. The summed E-state index contributed by atoms with van der Waals surface area (Å²) in [7, 11) is 0. The Hall–Kier alpha value is -2.14. The lowest BCUT2D eigenvalue weighted by molar-refractivity contribution is -0.123. The molecule has 0 spiro atoms. The molecule has 5 heteroatoms. The number of hydrogen-bond acceptors (Lipinski definition) is 3. The van der Waals surface area contributed by atoms with Crippen molar-refractivity contribution in [2.24, 2.45) is 11.7 Å². The van der Waals surface area contributed by atoms with Gasteiger partial charge in [0, 0.05) is 25.0 Å². The number of nitrogens with zero attached hydrogens (tertiary/aromatic N) is 2. The second-order valence-electron chi connectivity index (χ2n) is 5.55. The van der Waals surface area contributed by atoms with Crippen LogP contribution in [-0.4, -0.2) is 28.3 Å². The molecule has 3 N–H and O–H groups in total. The first-order valence-electron chi connectivity index (χ1n) is 7.33. The number of nitrogens with one attached hydrogen (secondary N) is 1. The molecule has 1 aliphatic rings. The molecule has 1 aromatic heterocycles. The average Bonchev–Trinajstić information content (AvgIpc) is 3.24. The predicted molar refractivity (Wildman–Crippen MR) is 80.5 cm³/mol. The standard InChI is InChI=1S/C16H20N4O/c17-14(12-7-8-12)11-18-16(21)15(20-10-4-9-19-20)13-5-2-1-3-6-13/h1-6,9-10,12,14-15H,7-8,11,17H2,(H,18,21). The van der Waals surface area contributed by atoms with Crippen molar-refractivity contribution in [3.63, 3.8) is 0 Å². The maximum atomic E-state index is 12.6. The van der Waals surface area contributed by atoms with Gasteiger partial charge in [0.2, 0.25) is 5.91 Å². The van der Waals surface area contributed by atoms with Crippen molar-refractivity contribution in [1.82, 2.24) is 15.1 Å². The summed E-state index contributed by atoms with van der Waals surface area (Å²) in [5, 5.41) is 7.18. The van der Waals surface area contributed by atoms with E-state index in [4.69, 9.17) is 5.73 Å². The molecule has 3 rings (SSSR count). The van der Waals surface area contributed by atoms with Crippen LogP contribution in [0.2, 0.25) is 0 Å². The molecule has 0 bridgehead atoms. The van der Waals surface area contributed by atoms with Gasteiger partial charge in [-0.2, -0.15) is 5.10 Å². The zero-order valence-electron chi connectivity index (χ0n) is 11.9. The fourth-order valence-corrected chi connectivity index (χ4v) is 2.50. The molecular formula is C16H20N4O. The molecular weight excluding hydrogens is 264 g/mol. The van der Waals surface area contributed by atoms with Crippen LogP contribution >= 0.6 is 0 Å². The second-order valence-corrected chi connectivity index (χ2v) is 5.55. The monoisotopic (exact) mass is 284 g/mol. The molecule has 2 aromatic rings. The molecule has 0 saturated heterocycles. The molecule has 1 saturated carbocycles. The van der Waals surface area contributed by atoms with E-state index in [-0.39, 0.29) is 11.9 Å². The lowest BCUT2D eigenvalue weighted by atomic mass is 10.1. The second kappa shape index (κ2) is 6.10. The van der Waals surface area contributed by atoms with Crippen molar-refractivity contribution >= 4 is 5.91 Å². The highest BCUT2D eigenvalue weighted by molar-refractivity contribution is 5.83. The minimum Gasteiger partial charge on any atom is -0.352 e. The molecule has 5 nitrogen and oxygen atoms in total. The molecule has 2 atom stereocenters. The van der Waals surface area contributed by atoms with E-state index in [0.29, 0.717) is 12.5 Å². The molecule has 1 aliphatic carbocycles. The van der Waals surface area contributed by atoms with Crippen LogP contribution in [0.5, 0.6) is 0 Å². The fraction of sp³-hybridized carbons (Fsp3) is 0.375. The Balaban J connectivity index is 1.74. The van der Waals surface area contributed by atoms with Gasteiger partial charge in [-0.05, 0) is 30.4 Å². The van der Waals surface area contributed by atoms with Crippen LogP contribution in [0.25, 0.3) is 0 Å². The molecule has 1 heterocycles. The van der Waals surface area contributed by atoms with E-state index in [9.17, 15) is 4.79 Å². The van der Waals surface area contributed by atoms with Crippen LogP contribution in [0.15, 0.2) is 48.8 Å². The van der Waals surface area contributed by atoms with Gasteiger partial charge >= 0.3 is 0 Å². The Labute approximate surface area is 124 Å². The summed E-state index contributed by atoms with van der Waals surface area (Å²) < 4.78 is 1.67. The van der Waals surface area contributed by atoms with Gasteiger partial charge < -0.3 is 11.1 Å². The number of nitrogens with two attached hydrogens (primary N) is 1. The molecule has 110 valence electrons. The van der Waals surface area contributed by atoms with E-state index in [2.05, 4.69) is 10.4 Å². The highest BCUT2D eigenvalue weighted by Gasteiger charge is 2.30. The number of carbonyl (C=O) groups is 1. The third-order valence-corrected chi connectivity index (χ3v) is 3.89. The summed E-state index contributed by atoms with van der Waals surface area (Å²) in [6, 6.07) is 11.1. The van der Waals surface area contributed by atoms with Crippen molar-refractivity contribution in [1.29, 1.82) is 0 Å². The number of hydrogen-bond donors (Lipinski definition) is 2. The van der Waals surface area contributed by atoms with Crippen LogP contribution < -0.4 is 11.1 Å². The zero-order valence-corrected chi connectivity index (χ0v) is 11.9. The van der Waals surface area contributed by atoms with Crippen LogP contribution in [0, 0.1) is 5.92 Å². The van der Waals surface area contributed by atoms with E-state index < -0.39 is 6.04 Å². The highest BCUT2D eigenvalue weighted by atomic mass is 16.2. The van der Waals surface area contributed by atoms with Crippen molar-refractivity contribution < 1.29 is 4.79 Å². The Morgan fingerprint density at radius 3 is 2.71 bits per heavy atom. The normalized spacial score (nSPS) is 17.2. The molecule has 0 radical (unpaired) electrons. The maximum Gasteiger partial charge on any atom is 0.249 e. The SMILES string of the molecule is NC(CNC(=O)C(c1ccccc1)n1cccn1)C1CC1. The van der Waals surface area contributed by atoms with Crippen LogP contribution in [0.4, 0.5) is 0 Å². The number of aromatic nitrogens is 2. The van der Waals surface area contributed by atoms with Crippen LogP contribution in [0.1, 0.15) is 24.4 Å². The van der Waals surface area contributed by atoms with Crippen molar-refractivity contribution in [3.8, 4) is 0 Å². The Bertz CT molecular complexity index is 578. The number of benzene rings is 1. The summed E-state index contributed by atoms with van der Waals surface area (Å²) >= 11 is 0. The Morgan fingerprint density at radius 2 is 2.10 bits per heavy atom. The lowest BCUT2D eigenvalue weighted by Crippen LogP contribution is -2.42. The Kier molecular flexibility index (Phi) is 4.01. The Morgan fingerprint density at radius 1 is 1.33 bits per heavy atom. The van der Waals surface area contributed by atoms with Gasteiger partial charge in [0.15, 0.2) is 6.04 Å². The van der Waals surface area contributed by atoms with Crippen molar-refractivity contribution in [2.45, 2.75) is 24.9 Å². The van der Waals surface area contributed by atoms with Gasteiger partial charge in [0.05, 0.1) is 0 Å². The van der Waals surface area contributed by atoms with Gasteiger partial charge in [0.1, 0.15) is 0 Å². The molecule has 1 amide bonds. The fourth-order valence-electron chi connectivity index (χ4n) is 2.50. The minimum absolute atomic E-state index is 0.0583.